The molecule has 0 N–H and O–H groups in total. The molecule has 0 saturated carbocycles. The molecule has 7 heteroatoms. The zero-order valence-electron chi connectivity index (χ0n) is 17.3. The highest BCUT2D eigenvalue weighted by Crippen LogP contribution is 2.36. The SMILES string of the molecule is O=C(COc1ncnc2ccccc12)N1CCC[C@@]2(C[C@@H](Oc3ccccc3)CO2)C1. The summed E-state index contributed by atoms with van der Waals surface area (Å²) in [7, 11) is 0. The molecule has 3 aromatic rings. The van der Waals surface area contributed by atoms with Crippen molar-refractivity contribution in [3.63, 3.8) is 0 Å². The third kappa shape index (κ3) is 4.32. The van der Waals surface area contributed by atoms with E-state index in [1.165, 1.54) is 6.33 Å². The second kappa shape index (κ2) is 8.51. The van der Waals surface area contributed by atoms with Crippen molar-refractivity contribution in [2.45, 2.75) is 31.0 Å². The third-order valence-electron chi connectivity index (χ3n) is 5.95. The molecule has 2 aliphatic rings. The lowest BCUT2D eigenvalue weighted by molar-refractivity contribution is -0.141. The highest BCUT2D eigenvalue weighted by Gasteiger charge is 2.45. The molecule has 1 aromatic heterocycles. The van der Waals surface area contributed by atoms with Crippen LogP contribution in [0.3, 0.4) is 0 Å². The van der Waals surface area contributed by atoms with Crippen LogP contribution in [0, 0.1) is 0 Å². The Morgan fingerprint density at radius 1 is 1.13 bits per heavy atom. The minimum atomic E-state index is -0.338. The van der Waals surface area contributed by atoms with Crippen molar-refractivity contribution < 1.29 is 19.0 Å². The zero-order valence-corrected chi connectivity index (χ0v) is 17.3. The van der Waals surface area contributed by atoms with Gasteiger partial charge in [0.2, 0.25) is 5.88 Å². The van der Waals surface area contributed by atoms with Gasteiger partial charge in [-0.1, -0.05) is 30.3 Å². The Hall–Kier alpha value is -3.19. The van der Waals surface area contributed by atoms with E-state index in [9.17, 15) is 4.79 Å². The molecule has 3 heterocycles. The predicted octanol–water partition coefficient (Wildman–Crippen LogP) is 3.24. The first-order valence-electron chi connectivity index (χ1n) is 10.7. The molecule has 1 spiro atoms. The first-order chi connectivity index (χ1) is 15.2. The Balaban J connectivity index is 1.20. The van der Waals surface area contributed by atoms with Crippen LogP contribution >= 0.6 is 0 Å². The van der Waals surface area contributed by atoms with Gasteiger partial charge in [0.25, 0.3) is 5.91 Å². The fourth-order valence-corrected chi connectivity index (χ4v) is 4.48. The maximum Gasteiger partial charge on any atom is 0.260 e. The summed E-state index contributed by atoms with van der Waals surface area (Å²) < 4.78 is 18.0. The summed E-state index contributed by atoms with van der Waals surface area (Å²) in [6.07, 6.45) is 4.07. The van der Waals surface area contributed by atoms with Gasteiger partial charge < -0.3 is 19.1 Å². The molecule has 2 aliphatic heterocycles. The number of likely N-dealkylation sites (tertiary alicyclic amines) is 1. The third-order valence-corrected chi connectivity index (χ3v) is 5.95. The van der Waals surface area contributed by atoms with Gasteiger partial charge in [0, 0.05) is 19.5 Å². The summed E-state index contributed by atoms with van der Waals surface area (Å²) >= 11 is 0. The molecule has 0 unspecified atom stereocenters. The molecule has 31 heavy (non-hydrogen) atoms. The van der Waals surface area contributed by atoms with Crippen molar-refractivity contribution in [2.75, 3.05) is 26.3 Å². The Labute approximate surface area is 181 Å². The second-order valence-electron chi connectivity index (χ2n) is 8.15. The van der Waals surface area contributed by atoms with Gasteiger partial charge in [0.15, 0.2) is 6.61 Å². The zero-order chi connectivity index (χ0) is 21.1. The molecule has 0 bridgehead atoms. The number of benzene rings is 2. The summed E-state index contributed by atoms with van der Waals surface area (Å²) in [6, 6.07) is 17.4. The number of ether oxygens (including phenoxy) is 3. The fourth-order valence-electron chi connectivity index (χ4n) is 4.48. The number of carbonyl (C=O) groups is 1. The minimum absolute atomic E-state index is 0.00100. The Bertz CT molecular complexity index is 1060. The molecule has 5 rings (SSSR count). The van der Waals surface area contributed by atoms with Gasteiger partial charge in [-0.05, 0) is 37.1 Å². The van der Waals surface area contributed by atoms with Crippen LogP contribution in [-0.4, -0.2) is 58.8 Å². The quantitative estimate of drug-likeness (QED) is 0.632. The van der Waals surface area contributed by atoms with Crippen LogP contribution in [0.1, 0.15) is 19.3 Å². The molecule has 2 atom stereocenters. The first kappa shape index (κ1) is 19.8. The lowest BCUT2D eigenvalue weighted by atomic mass is 9.89. The van der Waals surface area contributed by atoms with Crippen LogP contribution in [0.2, 0.25) is 0 Å². The van der Waals surface area contributed by atoms with E-state index in [0.717, 1.165) is 35.9 Å². The summed E-state index contributed by atoms with van der Waals surface area (Å²) in [4.78, 5) is 23.2. The van der Waals surface area contributed by atoms with Gasteiger partial charge in [-0.15, -0.1) is 0 Å². The Morgan fingerprint density at radius 2 is 1.97 bits per heavy atom. The van der Waals surface area contributed by atoms with Gasteiger partial charge in [-0.3, -0.25) is 4.79 Å². The highest BCUT2D eigenvalue weighted by atomic mass is 16.6. The van der Waals surface area contributed by atoms with Gasteiger partial charge in [0.05, 0.1) is 23.1 Å². The van der Waals surface area contributed by atoms with E-state index < -0.39 is 0 Å². The van der Waals surface area contributed by atoms with E-state index in [1.807, 2.05) is 59.5 Å². The maximum absolute atomic E-state index is 12.9. The van der Waals surface area contributed by atoms with E-state index in [1.54, 1.807) is 0 Å². The maximum atomic E-state index is 12.9. The van der Waals surface area contributed by atoms with Crippen molar-refractivity contribution in [1.29, 1.82) is 0 Å². The summed E-state index contributed by atoms with van der Waals surface area (Å²) in [5, 5.41) is 0.799. The number of hydrogen-bond acceptors (Lipinski definition) is 6. The van der Waals surface area contributed by atoms with Crippen molar-refractivity contribution >= 4 is 16.8 Å². The van der Waals surface area contributed by atoms with Crippen LogP contribution in [0.4, 0.5) is 0 Å². The van der Waals surface area contributed by atoms with E-state index in [-0.39, 0.29) is 24.2 Å². The molecule has 0 aliphatic carbocycles. The number of para-hydroxylation sites is 2. The van der Waals surface area contributed by atoms with Crippen LogP contribution in [0.15, 0.2) is 60.9 Å². The predicted molar refractivity (Wildman–Crippen MR) is 115 cm³/mol. The summed E-state index contributed by atoms with van der Waals surface area (Å²) in [6.45, 7) is 1.76. The number of amides is 1. The average Bonchev–Trinajstić information content (AvgIpc) is 3.19. The molecule has 2 saturated heterocycles. The molecule has 2 fully saturated rings. The number of piperidine rings is 1. The lowest BCUT2D eigenvalue weighted by Crippen LogP contribution is -2.51. The average molecular weight is 419 g/mol. The smallest absolute Gasteiger partial charge is 0.260 e. The monoisotopic (exact) mass is 419 g/mol. The van der Waals surface area contributed by atoms with Crippen molar-refractivity contribution in [3.05, 3.63) is 60.9 Å². The standard InChI is InChI=1S/C24H25N3O4/c28-22(15-29-23-20-9-4-5-10-21(20)25-17-26-23)27-12-6-11-24(16-27)13-19(14-30-24)31-18-7-2-1-3-8-18/h1-5,7-10,17,19H,6,11-16H2/t19-,24-/m1/s1. The summed E-state index contributed by atoms with van der Waals surface area (Å²) in [5.74, 6) is 1.22. The Kier molecular flexibility index (Phi) is 5.42. The van der Waals surface area contributed by atoms with Gasteiger partial charge in [-0.2, -0.15) is 0 Å². The van der Waals surface area contributed by atoms with E-state index in [0.29, 0.717) is 25.6 Å². The van der Waals surface area contributed by atoms with E-state index in [2.05, 4.69) is 9.97 Å². The number of nitrogens with zero attached hydrogens (tertiary/aromatic N) is 3. The molecule has 1 amide bonds. The van der Waals surface area contributed by atoms with Gasteiger partial charge in [-0.25, -0.2) is 9.97 Å². The van der Waals surface area contributed by atoms with Crippen molar-refractivity contribution in [1.82, 2.24) is 14.9 Å². The van der Waals surface area contributed by atoms with Crippen molar-refractivity contribution in [3.8, 4) is 11.6 Å². The van der Waals surface area contributed by atoms with E-state index in [4.69, 9.17) is 14.2 Å². The van der Waals surface area contributed by atoms with Crippen molar-refractivity contribution in [2.24, 2.45) is 0 Å². The second-order valence-corrected chi connectivity index (χ2v) is 8.15. The number of hydrogen-bond donors (Lipinski definition) is 0. The molecular weight excluding hydrogens is 394 g/mol. The van der Waals surface area contributed by atoms with Crippen LogP contribution in [0.25, 0.3) is 10.9 Å². The summed E-state index contributed by atoms with van der Waals surface area (Å²) in [5.41, 5.74) is 0.454. The molecular formula is C24H25N3O4. The van der Waals surface area contributed by atoms with Gasteiger partial charge in [0.1, 0.15) is 18.2 Å². The largest absolute Gasteiger partial charge is 0.488 e. The molecule has 2 aromatic carbocycles. The number of aromatic nitrogens is 2. The number of fused-ring (bicyclic) bond motifs is 1. The normalized spacial score (nSPS) is 23.2. The number of rotatable bonds is 5. The number of carbonyl (C=O) groups excluding carboxylic acids is 1. The minimum Gasteiger partial charge on any atom is -0.488 e. The molecule has 0 radical (unpaired) electrons. The van der Waals surface area contributed by atoms with Gasteiger partial charge >= 0.3 is 0 Å². The van der Waals surface area contributed by atoms with Crippen LogP contribution in [0.5, 0.6) is 11.6 Å². The Morgan fingerprint density at radius 3 is 2.87 bits per heavy atom. The molecule has 7 nitrogen and oxygen atoms in total. The fraction of sp³-hybridized carbons (Fsp3) is 0.375. The molecule has 160 valence electrons. The topological polar surface area (TPSA) is 73.8 Å². The van der Waals surface area contributed by atoms with E-state index >= 15 is 0 Å². The first-order valence-corrected chi connectivity index (χ1v) is 10.7. The highest BCUT2D eigenvalue weighted by molar-refractivity contribution is 5.84. The van der Waals surface area contributed by atoms with Crippen LogP contribution < -0.4 is 9.47 Å². The lowest BCUT2D eigenvalue weighted by Gasteiger charge is -2.39. The van der Waals surface area contributed by atoms with Crippen LogP contribution in [-0.2, 0) is 9.53 Å².